The van der Waals surface area contributed by atoms with Gasteiger partial charge in [-0.2, -0.15) is 0 Å². The number of nitrogens with two attached hydrogens (primary N) is 1. The fourth-order valence-electron chi connectivity index (χ4n) is 1.09. The summed E-state index contributed by atoms with van der Waals surface area (Å²) in [4.78, 5) is 24.3. The van der Waals surface area contributed by atoms with Crippen molar-refractivity contribution in [3.63, 3.8) is 0 Å². The van der Waals surface area contributed by atoms with Crippen molar-refractivity contribution in [1.29, 1.82) is 0 Å². The van der Waals surface area contributed by atoms with Crippen LogP contribution in [-0.2, 0) is 16.1 Å². The molecule has 7 heteroatoms. The van der Waals surface area contributed by atoms with Crippen molar-refractivity contribution < 1.29 is 14.7 Å². The fraction of sp³-hybridized carbons (Fsp3) is 0.333. The van der Waals surface area contributed by atoms with Crippen LogP contribution in [0.25, 0.3) is 0 Å². The van der Waals surface area contributed by atoms with Gasteiger partial charge in [0.25, 0.3) is 5.91 Å². The van der Waals surface area contributed by atoms with Gasteiger partial charge < -0.3 is 15.7 Å². The second kappa shape index (κ2) is 5.42. The van der Waals surface area contributed by atoms with Gasteiger partial charge in [-0.15, -0.1) is 11.3 Å². The van der Waals surface area contributed by atoms with Crippen molar-refractivity contribution >= 4 is 39.1 Å². The molecular weight excluding hydrogens is 296 g/mol. The Kier molecular flexibility index (Phi) is 4.45. The van der Waals surface area contributed by atoms with Gasteiger partial charge >= 0.3 is 5.97 Å². The molecule has 3 N–H and O–H groups in total. The first-order chi connectivity index (χ1) is 7.41. The number of carboxylic acid groups (broad SMARTS) is 1. The van der Waals surface area contributed by atoms with Crippen LogP contribution in [0.15, 0.2) is 15.9 Å². The summed E-state index contributed by atoms with van der Waals surface area (Å²) in [6, 6.07) is 0.384. The summed E-state index contributed by atoms with van der Waals surface area (Å²) in [5, 5.41) is 10.5. The first-order valence-electron chi connectivity index (χ1n) is 4.38. The highest BCUT2D eigenvalue weighted by molar-refractivity contribution is 9.10. The number of carbonyl (C=O) groups is 2. The van der Waals surface area contributed by atoms with E-state index in [-0.39, 0.29) is 0 Å². The number of thiophene rings is 1. The number of carboxylic acids is 1. The number of aliphatic carboxylic acids is 1. The Labute approximate surface area is 105 Å². The SMILES string of the molecule is CN(Cc1cc(Br)cs1)C(=O)C(N)C(=O)O. The zero-order valence-electron chi connectivity index (χ0n) is 8.51. The highest BCUT2D eigenvalue weighted by atomic mass is 79.9. The highest BCUT2D eigenvalue weighted by Gasteiger charge is 2.24. The number of rotatable bonds is 4. The minimum absolute atomic E-state index is 0.357. The number of hydrogen-bond acceptors (Lipinski definition) is 4. The Balaban J connectivity index is 2.62. The number of amides is 1. The normalized spacial score (nSPS) is 12.2. The first kappa shape index (κ1) is 13.1. The van der Waals surface area contributed by atoms with E-state index in [1.54, 1.807) is 0 Å². The van der Waals surface area contributed by atoms with Gasteiger partial charge in [-0.1, -0.05) is 0 Å². The average molecular weight is 307 g/mol. The molecule has 0 aliphatic heterocycles. The maximum absolute atomic E-state index is 11.5. The molecule has 1 amide bonds. The van der Waals surface area contributed by atoms with E-state index in [9.17, 15) is 9.59 Å². The molecule has 16 heavy (non-hydrogen) atoms. The molecule has 0 aliphatic carbocycles. The van der Waals surface area contributed by atoms with Gasteiger partial charge in [0, 0.05) is 21.8 Å². The van der Waals surface area contributed by atoms with Crippen molar-refractivity contribution in [1.82, 2.24) is 4.90 Å². The molecule has 1 unspecified atom stereocenters. The van der Waals surface area contributed by atoms with E-state index in [2.05, 4.69) is 15.9 Å². The van der Waals surface area contributed by atoms with Crippen LogP contribution in [0.3, 0.4) is 0 Å². The van der Waals surface area contributed by atoms with Gasteiger partial charge in [0.2, 0.25) is 0 Å². The molecule has 1 aromatic heterocycles. The third-order valence-electron chi connectivity index (χ3n) is 1.92. The Hall–Kier alpha value is -0.920. The lowest BCUT2D eigenvalue weighted by Gasteiger charge is -2.18. The van der Waals surface area contributed by atoms with E-state index in [1.165, 1.54) is 23.3 Å². The van der Waals surface area contributed by atoms with E-state index in [0.717, 1.165) is 9.35 Å². The summed E-state index contributed by atoms with van der Waals surface area (Å²) in [6.07, 6.45) is 0. The van der Waals surface area contributed by atoms with Gasteiger partial charge in [0.1, 0.15) is 0 Å². The van der Waals surface area contributed by atoms with Crippen LogP contribution < -0.4 is 5.73 Å². The summed E-state index contributed by atoms with van der Waals surface area (Å²) in [5.74, 6) is -1.92. The molecule has 88 valence electrons. The van der Waals surface area contributed by atoms with Crippen LogP contribution in [0, 0.1) is 0 Å². The van der Waals surface area contributed by atoms with Crippen molar-refractivity contribution in [2.75, 3.05) is 7.05 Å². The number of halogens is 1. The van der Waals surface area contributed by atoms with Crippen molar-refractivity contribution in [3.05, 3.63) is 20.8 Å². The minimum atomic E-state index is -1.49. The van der Waals surface area contributed by atoms with Crippen LogP contribution >= 0.6 is 27.3 Å². The second-order valence-corrected chi connectivity index (χ2v) is 5.15. The minimum Gasteiger partial charge on any atom is -0.480 e. The summed E-state index contributed by atoms with van der Waals surface area (Å²) >= 11 is 4.79. The lowest BCUT2D eigenvalue weighted by molar-refractivity contribution is -0.146. The van der Waals surface area contributed by atoms with Crippen molar-refractivity contribution in [2.24, 2.45) is 5.73 Å². The summed E-state index contributed by atoms with van der Waals surface area (Å²) in [6.45, 7) is 0.357. The Bertz CT molecular complexity index is 407. The van der Waals surface area contributed by atoms with Gasteiger partial charge in [-0.3, -0.25) is 4.79 Å². The zero-order chi connectivity index (χ0) is 12.3. The Morgan fingerprint density at radius 1 is 1.69 bits per heavy atom. The average Bonchev–Trinajstić information content (AvgIpc) is 2.61. The van der Waals surface area contributed by atoms with Crippen LogP contribution in [0.1, 0.15) is 4.88 Å². The van der Waals surface area contributed by atoms with E-state index >= 15 is 0 Å². The predicted octanol–water partition coefficient (Wildman–Crippen LogP) is 0.881. The van der Waals surface area contributed by atoms with Gasteiger partial charge in [0.15, 0.2) is 6.04 Å². The Morgan fingerprint density at radius 2 is 2.31 bits per heavy atom. The molecule has 1 heterocycles. The lowest BCUT2D eigenvalue weighted by atomic mass is 10.3. The van der Waals surface area contributed by atoms with E-state index in [0.29, 0.717) is 6.54 Å². The lowest BCUT2D eigenvalue weighted by Crippen LogP contribution is -2.46. The third-order valence-corrected chi connectivity index (χ3v) is 3.61. The van der Waals surface area contributed by atoms with Crippen LogP contribution in [0.5, 0.6) is 0 Å². The van der Waals surface area contributed by atoms with Crippen molar-refractivity contribution in [2.45, 2.75) is 12.6 Å². The zero-order valence-corrected chi connectivity index (χ0v) is 10.9. The van der Waals surface area contributed by atoms with Crippen LogP contribution in [0.2, 0.25) is 0 Å². The number of likely N-dealkylation sites (N-methyl/N-ethyl adjacent to an activating group) is 1. The molecule has 1 atom stereocenters. The maximum Gasteiger partial charge on any atom is 0.330 e. The first-order valence-corrected chi connectivity index (χ1v) is 6.05. The van der Waals surface area contributed by atoms with E-state index < -0.39 is 17.9 Å². The fourth-order valence-corrected chi connectivity index (χ4v) is 2.59. The monoisotopic (exact) mass is 306 g/mol. The Morgan fingerprint density at radius 3 is 2.75 bits per heavy atom. The second-order valence-electron chi connectivity index (χ2n) is 3.24. The van der Waals surface area contributed by atoms with Crippen molar-refractivity contribution in [3.8, 4) is 0 Å². The predicted molar refractivity (Wildman–Crippen MR) is 64.1 cm³/mol. The van der Waals surface area contributed by atoms with Gasteiger partial charge in [-0.25, -0.2) is 4.79 Å². The molecule has 0 spiro atoms. The summed E-state index contributed by atoms with van der Waals surface area (Å²) in [7, 11) is 1.53. The molecule has 0 saturated carbocycles. The van der Waals surface area contributed by atoms with E-state index in [1.807, 2.05) is 11.4 Å². The number of nitrogens with zero attached hydrogens (tertiary/aromatic N) is 1. The molecular formula is C9H11BrN2O3S. The van der Waals surface area contributed by atoms with Gasteiger partial charge in [-0.05, 0) is 22.0 Å². The molecule has 0 saturated heterocycles. The molecule has 0 aromatic carbocycles. The number of hydrogen-bond donors (Lipinski definition) is 2. The topological polar surface area (TPSA) is 83.6 Å². The molecule has 0 aliphatic rings. The molecule has 5 nitrogen and oxygen atoms in total. The summed E-state index contributed by atoms with van der Waals surface area (Å²) < 4.78 is 0.941. The molecule has 0 radical (unpaired) electrons. The standard InChI is InChI=1S/C9H11BrN2O3S/c1-12(8(13)7(11)9(14)15)3-6-2-5(10)4-16-6/h2,4,7H,3,11H2,1H3,(H,14,15). The third kappa shape index (κ3) is 3.29. The number of carbonyl (C=O) groups excluding carboxylic acids is 1. The largest absolute Gasteiger partial charge is 0.480 e. The molecule has 1 rings (SSSR count). The van der Waals surface area contributed by atoms with Crippen LogP contribution in [0.4, 0.5) is 0 Å². The van der Waals surface area contributed by atoms with Crippen LogP contribution in [-0.4, -0.2) is 35.0 Å². The van der Waals surface area contributed by atoms with E-state index in [4.69, 9.17) is 10.8 Å². The molecule has 0 bridgehead atoms. The maximum atomic E-state index is 11.5. The highest BCUT2D eigenvalue weighted by Crippen LogP contribution is 2.20. The summed E-state index contributed by atoms with van der Waals surface area (Å²) in [5.41, 5.74) is 5.22. The molecule has 0 fully saturated rings. The van der Waals surface area contributed by atoms with Gasteiger partial charge in [0.05, 0.1) is 6.54 Å². The quantitative estimate of drug-likeness (QED) is 0.809. The molecule has 1 aromatic rings. The smallest absolute Gasteiger partial charge is 0.330 e.